The molecule has 1 aliphatic carbocycles. The van der Waals surface area contributed by atoms with Gasteiger partial charge in [0.05, 0.1) is 0 Å². The quantitative estimate of drug-likeness (QED) is 0.750. The third-order valence-electron chi connectivity index (χ3n) is 3.17. The van der Waals surface area contributed by atoms with Gasteiger partial charge in [0.1, 0.15) is 0 Å². The lowest BCUT2D eigenvalue weighted by atomic mass is 9.97. The van der Waals surface area contributed by atoms with Gasteiger partial charge in [-0.05, 0) is 48.4 Å². The first-order valence-corrected chi connectivity index (χ1v) is 5.26. The first-order valence-electron chi connectivity index (χ1n) is 5.26. The lowest BCUT2D eigenvalue weighted by Gasteiger charge is -2.17. The highest BCUT2D eigenvalue weighted by atomic mass is 35.5. The van der Waals surface area contributed by atoms with E-state index in [0.29, 0.717) is 0 Å². The van der Waals surface area contributed by atoms with Crippen LogP contribution in [0.2, 0.25) is 0 Å². The lowest BCUT2D eigenvalue weighted by Crippen LogP contribution is -2.23. The third kappa shape index (κ3) is 1.79. The van der Waals surface area contributed by atoms with Crippen molar-refractivity contribution in [3.8, 4) is 0 Å². The number of nitrogens with one attached hydrogen (secondary N) is 1. The van der Waals surface area contributed by atoms with Gasteiger partial charge >= 0.3 is 0 Å². The number of halogens is 1. The summed E-state index contributed by atoms with van der Waals surface area (Å²) in [5.74, 6) is 0.896. The summed E-state index contributed by atoms with van der Waals surface area (Å²) in [6.07, 6.45) is 4.03. The zero-order valence-electron chi connectivity index (χ0n) is 8.25. The first-order chi connectivity index (χ1) is 6.43. The number of hydrogen-bond acceptors (Lipinski definition) is 1. The Labute approximate surface area is 91.3 Å². The molecule has 1 fully saturated rings. The van der Waals surface area contributed by atoms with Crippen molar-refractivity contribution in [2.75, 3.05) is 6.54 Å². The van der Waals surface area contributed by atoms with E-state index >= 15 is 0 Å². The Kier molecular flexibility index (Phi) is 2.80. The molecular weight excluding hydrogens is 194 g/mol. The van der Waals surface area contributed by atoms with Gasteiger partial charge in [0.15, 0.2) is 0 Å². The second-order valence-electron chi connectivity index (χ2n) is 4.23. The van der Waals surface area contributed by atoms with Crippen LogP contribution in [0.25, 0.3) is 0 Å². The molecule has 0 saturated heterocycles. The molecule has 1 aliphatic heterocycles. The highest BCUT2D eigenvalue weighted by Gasteiger charge is 2.24. The molecule has 0 bridgehead atoms. The van der Waals surface area contributed by atoms with E-state index in [2.05, 4.69) is 23.5 Å². The van der Waals surface area contributed by atoms with Crippen molar-refractivity contribution in [2.45, 2.75) is 31.7 Å². The summed E-state index contributed by atoms with van der Waals surface area (Å²) in [5, 5.41) is 3.43. The number of hydrogen-bond donors (Lipinski definition) is 1. The predicted octanol–water partition coefficient (Wildman–Crippen LogP) is 2.63. The van der Waals surface area contributed by atoms with E-state index in [-0.39, 0.29) is 12.4 Å². The zero-order chi connectivity index (χ0) is 8.67. The maximum atomic E-state index is 3.43. The van der Waals surface area contributed by atoms with Gasteiger partial charge in [0, 0.05) is 6.54 Å². The molecule has 1 aromatic rings. The molecule has 2 heteroatoms. The van der Waals surface area contributed by atoms with Crippen LogP contribution in [0.3, 0.4) is 0 Å². The monoisotopic (exact) mass is 209 g/mol. The smallest absolute Gasteiger partial charge is 0.0208 e. The Hall–Kier alpha value is -0.530. The SMILES string of the molecule is Cl.c1cc2c(cc1C1CC1)CNCC2. The van der Waals surface area contributed by atoms with Crippen LogP contribution in [0.15, 0.2) is 18.2 Å². The Morgan fingerprint density at radius 2 is 2.00 bits per heavy atom. The van der Waals surface area contributed by atoms with E-state index in [0.717, 1.165) is 19.0 Å². The molecule has 3 rings (SSSR count). The number of benzene rings is 1. The highest BCUT2D eigenvalue weighted by molar-refractivity contribution is 5.85. The fraction of sp³-hybridized carbons (Fsp3) is 0.500. The van der Waals surface area contributed by atoms with Gasteiger partial charge in [0.25, 0.3) is 0 Å². The van der Waals surface area contributed by atoms with Gasteiger partial charge in [-0.3, -0.25) is 0 Å². The highest BCUT2D eigenvalue weighted by Crippen LogP contribution is 2.40. The molecule has 0 spiro atoms. The van der Waals surface area contributed by atoms with Crippen molar-refractivity contribution in [3.63, 3.8) is 0 Å². The van der Waals surface area contributed by atoms with Crippen molar-refractivity contribution in [2.24, 2.45) is 0 Å². The van der Waals surface area contributed by atoms with Gasteiger partial charge in [-0.25, -0.2) is 0 Å². The van der Waals surface area contributed by atoms with E-state index in [1.165, 1.54) is 24.8 Å². The maximum Gasteiger partial charge on any atom is 0.0208 e. The van der Waals surface area contributed by atoms with Crippen LogP contribution in [0, 0.1) is 0 Å². The average Bonchev–Trinajstić information content (AvgIpc) is 3.00. The second kappa shape index (κ2) is 3.92. The first kappa shape index (κ1) is 10.0. The molecule has 1 saturated carbocycles. The molecule has 0 unspecified atom stereocenters. The summed E-state index contributed by atoms with van der Waals surface area (Å²) in [6.45, 7) is 2.23. The van der Waals surface area contributed by atoms with Gasteiger partial charge in [0.2, 0.25) is 0 Å². The fourth-order valence-corrected chi connectivity index (χ4v) is 2.17. The van der Waals surface area contributed by atoms with E-state index in [4.69, 9.17) is 0 Å². The molecular formula is C12H16ClN. The normalized spacial score (nSPS) is 19.7. The Bertz CT molecular complexity index is 331. The summed E-state index contributed by atoms with van der Waals surface area (Å²) < 4.78 is 0. The topological polar surface area (TPSA) is 12.0 Å². The van der Waals surface area contributed by atoms with Gasteiger partial charge in [-0.2, -0.15) is 0 Å². The van der Waals surface area contributed by atoms with Gasteiger partial charge in [-0.15, -0.1) is 12.4 Å². The van der Waals surface area contributed by atoms with E-state index < -0.39 is 0 Å². The molecule has 2 aliphatic rings. The molecule has 0 aromatic heterocycles. The summed E-state index contributed by atoms with van der Waals surface area (Å²) in [4.78, 5) is 0. The Balaban J connectivity index is 0.000000750. The summed E-state index contributed by atoms with van der Waals surface area (Å²) in [7, 11) is 0. The molecule has 14 heavy (non-hydrogen) atoms. The van der Waals surface area contributed by atoms with Crippen LogP contribution in [0.5, 0.6) is 0 Å². The van der Waals surface area contributed by atoms with Crippen molar-refractivity contribution < 1.29 is 0 Å². The fourth-order valence-electron chi connectivity index (χ4n) is 2.17. The predicted molar refractivity (Wildman–Crippen MR) is 61.1 cm³/mol. The second-order valence-corrected chi connectivity index (χ2v) is 4.23. The largest absolute Gasteiger partial charge is 0.312 e. The van der Waals surface area contributed by atoms with Crippen LogP contribution in [0.4, 0.5) is 0 Å². The molecule has 1 N–H and O–H groups in total. The standard InChI is InChI=1S/C12H15N.ClH/c1-2-9(1)11-4-3-10-5-6-13-8-12(10)7-11;/h3-4,7,9,13H,1-2,5-6,8H2;1H. The summed E-state index contributed by atoms with van der Waals surface area (Å²) in [5.41, 5.74) is 4.67. The van der Waals surface area contributed by atoms with Crippen molar-refractivity contribution >= 4 is 12.4 Å². The minimum absolute atomic E-state index is 0. The molecule has 1 aromatic carbocycles. The van der Waals surface area contributed by atoms with E-state index in [9.17, 15) is 0 Å². The molecule has 0 atom stereocenters. The lowest BCUT2D eigenvalue weighted by molar-refractivity contribution is 0.642. The van der Waals surface area contributed by atoms with Crippen LogP contribution in [-0.4, -0.2) is 6.54 Å². The molecule has 0 amide bonds. The minimum atomic E-state index is 0. The van der Waals surface area contributed by atoms with Crippen molar-refractivity contribution in [3.05, 3.63) is 34.9 Å². The van der Waals surface area contributed by atoms with Crippen LogP contribution < -0.4 is 5.32 Å². The average molecular weight is 210 g/mol. The molecule has 1 heterocycles. The number of rotatable bonds is 1. The number of fused-ring (bicyclic) bond motifs is 1. The van der Waals surface area contributed by atoms with Crippen molar-refractivity contribution in [1.29, 1.82) is 0 Å². The summed E-state index contributed by atoms with van der Waals surface area (Å²) in [6, 6.07) is 7.09. The Morgan fingerprint density at radius 3 is 2.79 bits per heavy atom. The van der Waals surface area contributed by atoms with E-state index in [1.807, 2.05) is 0 Å². The Morgan fingerprint density at radius 1 is 1.14 bits per heavy atom. The van der Waals surface area contributed by atoms with Crippen LogP contribution in [0.1, 0.15) is 35.4 Å². The minimum Gasteiger partial charge on any atom is -0.312 e. The molecule has 1 nitrogen and oxygen atoms in total. The van der Waals surface area contributed by atoms with Crippen LogP contribution >= 0.6 is 12.4 Å². The molecule has 0 radical (unpaired) electrons. The third-order valence-corrected chi connectivity index (χ3v) is 3.17. The summed E-state index contributed by atoms with van der Waals surface area (Å²) >= 11 is 0. The van der Waals surface area contributed by atoms with Gasteiger partial charge in [-0.1, -0.05) is 18.2 Å². The van der Waals surface area contributed by atoms with Gasteiger partial charge < -0.3 is 5.32 Å². The maximum absolute atomic E-state index is 3.43. The van der Waals surface area contributed by atoms with Crippen molar-refractivity contribution in [1.82, 2.24) is 5.32 Å². The molecule has 76 valence electrons. The van der Waals surface area contributed by atoms with Crippen LogP contribution in [-0.2, 0) is 13.0 Å². The zero-order valence-corrected chi connectivity index (χ0v) is 9.07. The van der Waals surface area contributed by atoms with E-state index in [1.54, 1.807) is 11.1 Å².